The Morgan fingerprint density at radius 2 is 2.14 bits per heavy atom. The largest absolute Gasteiger partial charge is 0.377 e. The summed E-state index contributed by atoms with van der Waals surface area (Å²) in [5.41, 5.74) is 0. The maximum absolute atomic E-state index is 5.21. The zero-order chi connectivity index (χ0) is 15.1. The molecule has 1 aliphatic rings. The smallest absolute Gasteiger partial charge is 0.158 e. The second-order valence-corrected chi connectivity index (χ2v) is 5.60. The quantitative estimate of drug-likeness (QED) is 0.872. The predicted octanol–water partition coefficient (Wildman–Crippen LogP) is 3.21. The molecule has 0 saturated carbocycles. The summed E-state index contributed by atoms with van der Waals surface area (Å²) in [4.78, 5) is 11.7. The highest BCUT2D eigenvalue weighted by atomic mass is 16.5. The van der Waals surface area contributed by atoms with E-state index in [1.807, 2.05) is 0 Å². The molecule has 2 heterocycles. The van der Waals surface area contributed by atoms with E-state index in [0.29, 0.717) is 12.6 Å². The van der Waals surface area contributed by atoms with Gasteiger partial charge in [-0.2, -0.15) is 0 Å². The van der Waals surface area contributed by atoms with Gasteiger partial charge in [0.2, 0.25) is 0 Å². The first-order valence-electron chi connectivity index (χ1n) is 8.15. The van der Waals surface area contributed by atoms with E-state index in [9.17, 15) is 0 Å². The van der Waals surface area contributed by atoms with Gasteiger partial charge in [-0.1, -0.05) is 19.8 Å². The molecule has 1 aliphatic heterocycles. The first-order valence-corrected chi connectivity index (χ1v) is 8.15. The summed E-state index contributed by atoms with van der Waals surface area (Å²) in [5, 5.41) is 3.30. The van der Waals surface area contributed by atoms with Crippen molar-refractivity contribution in [3.05, 3.63) is 11.9 Å². The Bertz CT molecular complexity index is 414. The fourth-order valence-corrected chi connectivity index (χ4v) is 3.00. The minimum atomic E-state index is 0.455. The van der Waals surface area contributed by atoms with E-state index in [1.54, 1.807) is 7.11 Å². The van der Waals surface area contributed by atoms with Gasteiger partial charge in [0.05, 0.1) is 0 Å². The van der Waals surface area contributed by atoms with Gasteiger partial charge in [-0.05, 0) is 26.2 Å². The van der Waals surface area contributed by atoms with Crippen LogP contribution in [0.5, 0.6) is 0 Å². The van der Waals surface area contributed by atoms with Gasteiger partial charge < -0.3 is 15.0 Å². The molecule has 1 aromatic heterocycles. The van der Waals surface area contributed by atoms with Crippen molar-refractivity contribution >= 4 is 11.6 Å². The van der Waals surface area contributed by atoms with Gasteiger partial charge in [-0.3, -0.25) is 0 Å². The normalized spacial score (nSPS) is 19.4. The molecule has 0 spiro atoms. The van der Waals surface area contributed by atoms with E-state index < -0.39 is 0 Å². The number of ether oxygens (including phenoxy) is 1. The molecular weight excluding hydrogens is 264 g/mol. The number of hydrogen-bond acceptors (Lipinski definition) is 5. The molecule has 1 aromatic rings. The van der Waals surface area contributed by atoms with Crippen LogP contribution in [0.15, 0.2) is 6.07 Å². The molecule has 21 heavy (non-hydrogen) atoms. The van der Waals surface area contributed by atoms with E-state index in [0.717, 1.165) is 30.5 Å². The van der Waals surface area contributed by atoms with Gasteiger partial charge in [-0.25, -0.2) is 9.97 Å². The molecule has 2 rings (SSSR count). The summed E-state index contributed by atoms with van der Waals surface area (Å²) in [6.45, 7) is 6.76. The predicted molar refractivity (Wildman–Crippen MR) is 86.8 cm³/mol. The van der Waals surface area contributed by atoms with Crippen LogP contribution in [0.1, 0.15) is 51.8 Å². The summed E-state index contributed by atoms with van der Waals surface area (Å²) in [5.74, 6) is 2.69. The molecule has 1 saturated heterocycles. The van der Waals surface area contributed by atoms with Crippen LogP contribution in [0, 0.1) is 0 Å². The molecule has 0 bridgehead atoms. The Hall–Kier alpha value is -1.36. The summed E-state index contributed by atoms with van der Waals surface area (Å²) in [6, 6.07) is 2.67. The second kappa shape index (κ2) is 8.17. The number of methoxy groups -OCH3 is 1. The van der Waals surface area contributed by atoms with E-state index in [1.165, 1.54) is 32.1 Å². The molecule has 118 valence electrons. The van der Waals surface area contributed by atoms with Gasteiger partial charge in [0.1, 0.15) is 18.2 Å². The lowest BCUT2D eigenvalue weighted by molar-refractivity contribution is 0.178. The standard InChI is InChI=1S/C16H28N4O/c1-4-13-9-7-6-8-10-20(13)16-11-14(17-5-2)18-15(19-16)12-21-3/h11,13H,4-10,12H2,1-3H3,(H,17,18,19). The molecule has 5 nitrogen and oxygen atoms in total. The van der Waals surface area contributed by atoms with Crippen LogP contribution in [-0.2, 0) is 11.3 Å². The van der Waals surface area contributed by atoms with Crippen molar-refractivity contribution in [1.82, 2.24) is 9.97 Å². The fraction of sp³-hybridized carbons (Fsp3) is 0.750. The van der Waals surface area contributed by atoms with Crippen LogP contribution in [-0.4, -0.2) is 36.2 Å². The average molecular weight is 292 g/mol. The Morgan fingerprint density at radius 1 is 1.29 bits per heavy atom. The lowest BCUT2D eigenvalue weighted by atomic mass is 10.1. The zero-order valence-electron chi connectivity index (χ0n) is 13.6. The highest BCUT2D eigenvalue weighted by Crippen LogP contribution is 2.26. The average Bonchev–Trinajstić information content (AvgIpc) is 2.73. The maximum atomic E-state index is 5.21. The minimum absolute atomic E-state index is 0.455. The van der Waals surface area contributed by atoms with E-state index in [-0.39, 0.29) is 0 Å². The van der Waals surface area contributed by atoms with Crippen molar-refractivity contribution in [1.29, 1.82) is 0 Å². The van der Waals surface area contributed by atoms with E-state index in [2.05, 4.69) is 35.1 Å². The van der Waals surface area contributed by atoms with Crippen LogP contribution in [0.3, 0.4) is 0 Å². The number of nitrogens with one attached hydrogen (secondary N) is 1. The number of aromatic nitrogens is 2. The Balaban J connectivity index is 2.29. The van der Waals surface area contributed by atoms with Gasteiger partial charge in [-0.15, -0.1) is 0 Å². The summed E-state index contributed by atoms with van der Waals surface area (Å²) in [6.07, 6.45) is 6.32. The Labute approximate surface area is 128 Å². The topological polar surface area (TPSA) is 50.3 Å². The summed E-state index contributed by atoms with van der Waals surface area (Å²) < 4.78 is 5.21. The van der Waals surface area contributed by atoms with Crippen molar-refractivity contribution in [3.8, 4) is 0 Å². The van der Waals surface area contributed by atoms with Crippen molar-refractivity contribution < 1.29 is 4.74 Å². The number of anilines is 2. The first kappa shape index (κ1) is 16.0. The third-order valence-corrected chi connectivity index (χ3v) is 4.03. The third kappa shape index (κ3) is 4.30. The second-order valence-electron chi connectivity index (χ2n) is 5.60. The SMILES string of the molecule is CCNc1cc(N2CCCCCC2CC)nc(COC)n1. The molecule has 0 radical (unpaired) electrons. The molecule has 0 aromatic carbocycles. The molecule has 1 unspecified atom stereocenters. The van der Waals surface area contributed by atoms with Gasteiger partial charge in [0.15, 0.2) is 5.82 Å². The van der Waals surface area contributed by atoms with Crippen molar-refractivity contribution in [3.63, 3.8) is 0 Å². The van der Waals surface area contributed by atoms with Gasteiger partial charge in [0.25, 0.3) is 0 Å². The molecule has 1 fully saturated rings. The highest BCUT2D eigenvalue weighted by molar-refractivity contribution is 5.50. The monoisotopic (exact) mass is 292 g/mol. The lowest BCUT2D eigenvalue weighted by Crippen LogP contribution is -2.35. The third-order valence-electron chi connectivity index (χ3n) is 4.03. The van der Waals surface area contributed by atoms with Crippen molar-refractivity contribution in [2.75, 3.05) is 30.4 Å². The summed E-state index contributed by atoms with van der Waals surface area (Å²) >= 11 is 0. The highest BCUT2D eigenvalue weighted by Gasteiger charge is 2.21. The zero-order valence-corrected chi connectivity index (χ0v) is 13.6. The molecule has 1 atom stereocenters. The molecule has 5 heteroatoms. The molecule has 0 amide bonds. The van der Waals surface area contributed by atoms with Crippen molar-refractivity contribution in [2.45, 2.75) is 58.6 Å². The Kier molecular flexibility index (Phi) is 6.23. The van der Waals surface area contributed by atoms with Crippen molar-refractivity contribution in [2.24, 2.45) is 0 Å². The van der Waals surface area contributed by atoms with Crippen LogP contribution in [0.25, 0.3) is 0 Å². The first-order chi connectivity index (χ1) is 10.3. The van der Waals surface area contributed by atoms with Gasteiger partial charge >= 0.3 is 0 Å². The van der Waals surface area contributed by atoms with Crippen LogP contribution in [0.2, 0.25) is 0 Å². The van der Waals surface area contributed by atoms with Gasteiger partial charge in [0, 0.05) is 32.3 Å². The summed E-state index contributed by atoms with van der Waals surface area (Å²) in [7, 11) is 1.68. The van der Waals surface area contributed by atoms with E-state index in [4.69, 9.17) is 9.72 Å². The van der Waals surface area contributed by atoms with Crippen LogP contribution >= 0.6 is 0 Å². The minimum Gasteiger partial charge on any atom is -0.377 e. The van der Waals surface area contributed by atoms with Crippen LogP contribution in [0.4, 0.5) is 11.6 Å². The number of nitrogens with zero attached hydrogens (tertiary/aromatic N) is 3. The molecule has 0 aliphatic carbocycles. The Morgan fingerprint density at radius 3 is 2.86 bits per heavy atom. The number of hydrogen-bond donors (Lipinski definition) is 1. The van der Waals surface area contributed by atoms with Crippen LogP contribution < -0.4 is 10.2 Å². The molecular formula is C16H28N4O. The van der Waals surface area contributed by atoms with E-state index >= 15 is 0 Å². The lowest BCUT2D eigenvalue weighted by Gasteiger charge is -2.30. The fourth-order valence-electron chi connectivity index (χ4n) is 3.00. The number of rotatable bonds is 6. The maximum Gasteiger partial charge on any atom is 0.158 e. The molecule has 1 N–H and O–H groups in total.